The van der Waals surface area contributed by atoms with Gasteiger partial charge in [0.25, 0.3) is 0 Å². The van der Waals surface area contributed by atoms with Crippen LogP contribution in [-0.4, -0.2) is 116 Å². The maximum atomic E-state index is 15.4. The van der Waals surface area contributed by atoms with E-state index in [1.807, 2.05) is 42.7 Å². The van der Waals surface area contributed by atoms with E-state index in [0.717, 1.165) is 22.6 Å². The lowest BCUT2D eigenvalue weighted by Crippen LogP contribution is -2.65. The lowest BCUT2D eigenvalue weighted by molar-refractivity contribution is -0.152. The molecule has 2 bridgehead atoms. The maximum absolute atomic E-state index is 15.4. The van der Waals surface area contributed by atoms with Gasteiger partial charge in [-0.1, -0.05) is 41.4 Å². The summed E-state index contributed by atoms with van der Waals surface area (Å²) < 4.78 is 53.4. The second-order valence-corrected chi connectivity index (χ2v) is 18.8. The van der Waals surface area contributed by atoms with Crippen LogP contribution in [-0.2, 0) is 52.2 Å². The van der Waals surface area contributed by atoms with Gasteiger partial charge in [-0.2, -0.15) is 0 Å². The average Bonchev–Trinajstić information content (AvgIpc) is 3.66. The van der Waals surface area contributed by atoms with Crippen LogP contribution in [0.5, 0.6) is 11.5 Å². The first-order valence-electron chi connectivity index (χ1n) is 22.2. The standard InChI is InChI=1S/C50H54Cl2F3N7O6/c1-30-47(65)57-42(28-63)49(67)60(5)50(24-31-7-12-35(51)13-8-31)17-6-18-61(29-50)48(66)34(19-39-40(54)22-37(53)23-41(39)55)20-46(64)62(30)26-33-9-14-36(52)21-44(33)68-38-15-10-32(11-16-38)43-25-56-45(59(43)4)27-58(2)3/h7-16,21-23,25,30,34,42,63H,6,17-20,24,26-29H2,1-5H3,(H,57,65)/t30-,34+,42-,50+/m0/s1. The number of hydrogen-bond acceptors (Lipinski definition) is 8. The number of likely N-dealkylation sites (N-methyl/N-ethyl adjacent to an activating group) is 1. The summed E-state index contributed by atoms with van der Waals surface area (Å²) in [5.74, 6) is -6.32. The number of hydrogen-bond donors (Lipinski definition) is 2. The molecule has 1 aromatic heterocycles. The summed E-state index contributed by atoms with van der Waals surface area (Å²) in [5, 5.41) is 14.1. The number of carbonyl (C=O) groups excluding carboxylic acids is 4. The molecule has 68 heavy (non-hydrogen) atoms. The van der Waals surface area contributed by atoms with Crippen LogP contribution in [0.15, 0.2) is 85.1 Å². The molecular formula is C50H54Cl2F3N7O6. The Balaban J connectivity index is 1.25. The molecular weight excluding hydrogens is 922 g/mol. The van der Waals surface area contributed by atoms with E-state index in [1.54, 1.807) is 67.8 Å². The van der Waals surface area contributed by atoms with Crippen molar-refractivity contribution in [3.05, 3.63) is 135 Å². The highest BCUT2D eigenvalue weighted by Crippen LogP contribution is 2.36. The molecule has 0 aliphatic carbocycles. The Kier molecular flexibility index (Phi) is 15.5. The molecule has 0 spiro atoms. The molecule has 0 saturated carbocycles. The van der Waals surface area contributed by atoms with Crippen molar-refractivity contribution in [2.45, 2.75) is 69.7 Å². The third-order valence-electron chi connectivity index (χ3n) is 12.9. The number of aliphatic hydroxyl groups is 1. The van der Waals surface area contributed by atoms with Gasteiger partial charge in [-0.3, -0.25) is 19.2 Å². The monoisotopic (exact) mass is 975 g/mol. The fourth-order valence-corrected chi connectivity index (χ4v) is 9.39. The van der Waals surface area contributed by atoms with Gasteiger partial charge in [0, 0.05) is 72.5 Å². The number of carbonyl (C=O) groups is 4. The number of imidazole rings is 1. The predicted octanol–water partition coefficient (Wildman–Crippen LogP) is 7.18. The molecule has 2 aliphatic heterocycles. The normalized spacial score (nSPS) is 20.8. The Hall–Kier alpha value is -5.94. The van der Waals surface area contributed by atoms with Gasteiger partial charge in [-0.15, -0.1) is 0 Å². The molecule has 4 aromatic carbocycles. The fraction of sp³-hybridized carbons (Fsp3) is 0.380. The highest BCUT2D eigenvalue weighted by atomic mass is 35.5. The second-order valence-electron chi connectivity index (χ2n) is 17.9. The number of piperidine rings is 1. The molecule has 360 valence electrons. The van der Waals surface area contributed by atoms with Crippen LogP contribution in [0.4, 0.5) is 13.2 Å². The van der Waals surface area contributed by atoms with Gasteiger partial charge < -0.3 is 39.3 Å². The number of aliphatic hydroxyl groups excluding tert-OH is 1. The number of benzene rings is 4. The molecule has 4 atom stereocenters. The molecule has 2 N–H and O–H groups in total. The zero-order chi connectivity index (χ0) is 49.0. The van der Waals surface area contributed by atoms with E-state index >= 15 is 8.78 Å². The lowest BCUT2D eigenvalue weighted by Gasteiger charge is -2.50. The minimum absolute atomic E-state index is 0.0615. The highest BCUT2D eigenvalue weighted by Gasteiger charge is 2.46. The van der Waals surface area contributed by atoms with E-state index in [1.165, 1.54) is 21.6 Å². The van der Waals surface area contributed by atoms with E-state index in [-0.39, 0.29) is 31.8 Å². The van der Waals surface area contributed by atoms with Crippen molar-refractivity contribution in [3.8, 4) is 22.8 Å². The molecule has 0 unspecified atom stereocenters. The largest absolute Gasteiger partial charge is 0.457 e. The number of nitrogens with zero attached hydrogens (tertiary/aromatic N) is 6. The number of amides is 4. The van der Waals surface area contributed by atoms with Crippen molar-refractivity contribution in [2.24, 2.45) is 13.0 Å². The number of aromatic nitrogens is 2. The fourth-order valence-electron chi connectivity index (χ4n) is 9.10. The van der Waals surface area contributed by atoms with Gasteiger partial charge in [0.15, 0.2) is 0 Å². The molecule has 13 nitrogen and oxygen atoms in total. The van der Waals surface area contributed by atoms with Gasteiger partial charge in [-0.25, -0.2) is 18.2 Å². The van der Waals surface area contributed by atoms with Crippen molar-refractivity contribution in [2.75, 3.05) is 40.8 Å². The zero-order valence-corrected chi connectivity index (χ0v) is 40.0. The third kappa shape index (κ3) is 11.2. The van der Waals surface area contributed by atoms with Crippen LogP contribution >= 0.6 is 23.2 Å². The first-order valence-corrected chi connectivity index (χ1v) is 23.0. The van der Waals surface area contributed by atoms with E-state index in [4.69, 9.17) is 27.9 Å². The summed E-state index contributed by atoms with van der Waals surface area (Å²) in [5.41, 5.74) is 1.26. The van der Waals surface area contributed by atoms with E-state index in [2.05, 4.69) is 10.3 Å². The minimum atomic E-state index is -1.44. The zero-order valence-electron chi connectivity index (χ0n) is 38.4. The Morgan fingerprint density at radius 3 is 2.25 bits per heavy atom. The van der Waals surface area contributed by atoms with Gasteiger partial charge in [0.2, 0.25) is 23.6 Å². The molecule has 4 amide bonds. The summed E-state index contributed by atoms with van der Waals surface area (Å²) in [7, 11) is 7.41. The van der Waals surface area contributed by atoms with E-state index in [9.17, 15) is 28.7 Å². The van der Waals surface area contributed by atoms with Gasteiger partial charge >= 0.3 is 0 Å². The maximum Gasteiger partial charge on any atom is 0.247 e. The van der Waals surface area contributed by atoms with Crippen molar-refractivity contribution >= 4 is 46.8 Å². The van der Waals surface area contributed by atoms with E-state index in [0.29, 0.717) is 52.9 Å². The van der Waals surface area contributed by atoms with Gasteiger partial charge in [0.1, 0.15) is 46.9 Å². The van der Waals surface area contributed by atoms with E-state index < -0.39 is 89.6 Å². The SMILES string of the molecule is C[C@H]1C(=O)N[C@@H](CO)C(=O)N(C)[C@@]2(Cc3ccc(Cl)cc3)CCCN(C2)C(=O)[C@H](Cc2c(F)cc(F)cc2F)CC(=O)N1Cc1ccc(Cl)cc1Oc1ccc(-c2cnc(CN(C)C)n2C)cc1. The predicted molar refractivity (Wildman–Crippen MR) is 251 cm³/mol. The lowest BCUT2D eigenvalue weighted by atomic mass is 9.80. The van der Waals surface area contributed by atoms with Crippen molar-refractivity contribution in [3.63, 3.8) is 0 Å². The number of nitrogens with one attached hydrogen (secondary N) is 1. The summed E-state index contributed by atoms with van der Waals surface area (Å²) in [6.07, 6.45) is 1.57. The minimum Gasteiger partial charge on any atom is -0.457 e. The molecule has 18 heteroatoms. The first kappa shape index (κ1) is 50.0. The Labute approximate surface area is 403 Å². The average molecular weight is 977 g/mol. The summed E-state index contributed by atoms with van der Waals surface area (Å²) in [6, 6.07) is 17.2. The quantitative estimate of drug-likeness (QED) is 0.134. The second kappa shape index (κ2) is 21.1. The molecule has 3 heterocycles. The highest BCUT2D eigenvalue weighted by molar-refractivity contribution is 6.31. The molecule has 0 radical (unpaired) electrons. The van der Waals surface area contributed by atoms with Crippen LogP contribution in [0.3, 0.4) is 0 Å². The number of ether oxygens (including phenoxy) is 1. The summed E-state index contributed by atoms with van der Waals surface area (Å²) in [4.78, 5) is 69.3. The molecule has 2 saturated heterocycles. The smallest absolute Gasteiger partial charge is 0.247 e. The number of halogens is 5. The van der Waals surface area contributed by atoms with Gasteiger partial charge in [-0.05, 0) is 101 Å². The molecule has 7 rings (SSSR count). The van der Waals surface area contributed by atoms with Crippen LogP contribution < -0.4 is 10.1 Å². The number of fused-ring (bicyclic) bond motifs is 2. The molecule has 2 fully saturated rings. The Morgan fingerprint density at radius 2 is 1.59 bits per heavy atom. The first-order chi connectivity index (χ1) is 32.4. The van der Waals surface area contributed by atoms with Gasteiger partial charge in [0.05, 0.1) is 43.0 Å². The summed E-state index contributed by atoms with van der Waals surface area (Å²) >= 11 is 12.7. The van der Waals surface area contributed by atoms with Crippen molar-refractivity contribution in [1.82, 2.24) is 34.5 Å². The topological polar surface area (TPSA) is 141 Å². The molecule has 5 aromatic rings. The van der Waals surface area contributed by atoms with Crippen molar-refractivity contribution < 1.29 is 42.2 Å². The number of rotatable bonds is 12. The summed E-state index contributed by atoms with van der Waals surface area (Å²) in [6.45, 7) is 1.13. The van der Waals surface area contributed by atoms with Crippen LogP contribution in [0, 0.1) is 23.4 Å². The van der Waals surface area contributed by atoms with Crippen molar-refractivity contribution in [1.29, 1.82) is 0 Å². The van der Waals surface area contributed by atoms with Crippen LogP contribution in [0.2, 0.25) is 10.0 Å². The third-order valence-corrected chi connectivity index (χ3v) is 13.4. The Morgan fingerprint density at radius 1 is 0.912 bits per heavy atom. The van der Waals surface area contributed by atoms with Crippen LogP contribution in [0.25, 0.3) is 11.3 Å². The Bertz CT molecular complexity index is 2650. The molecule has 2 aliphatic rings. The van der Waals surface area contributed by atoms with Crippen LogP contribution in [0.1, 0.15) is 48.7 Å².